The molecule has 0 aliphatic carbocycles. The van der Waals surface area contributed by atoms with Gasteiger partial charge >= 0.3 is 0 Å². The van der Waals surface area contributed by atoms with E-state index in [0.717, 1.165) is 11.5 Å². The fourth-order valence-electron chi connectivity index (χ4n) is 3.56. The van der Waals surface area contributed by atoms with Gasteiger partial charge in [-0.1, -0.05) is 17.7 Å². The lowest BCUT2D eigenvalue weighted by Gasteiger charge is -2.18. The van der Waals surface area contributed by atoms with E-state index in [9.17, 15) is 14.3 Å². The van der Waals surface area contributed by atoms with E-state index >= 15 is 0 Å². The third kappa shape index (κ3) is 4.79. The maximum atomic E-state index is 13.9. The maximum absolute atomic E-state index is 13.9. The van der Waals surface area contributed by atoms with Gasteiger partial charge in [-0.3, -0.25) is 4.79 Å². The lowest BCUT2D eigenvalue weighted by atomic mass is 10.1. The number of benzene rings is 1. The molecule has 4 rings (SSSR count). The second-order valence-corrected chi connectivity index (χ2v) is 7.82. The third-order valence-electron chi connectivity index (χ3n) is 5.18. The standard InChI is InChI=1S/C23H22ClFN6O2/c1-3-31-21(10-14(2)29-31)28-23-26-8-6-19(27-23)15-7-9-30(22(33)12-15)20(13-32)16-4-5-17(24)18(25)11-16/h4-12,20,32H,3,13H2,1-2H3,(H,26,27,28). The van der Waals surface area contributed by atoms with Gasteiger partial charge in [0.2, 0.25) is 5.95 Å². The van der Waals surface area contributed by atoms with E-state index in [4.69, 9.17) is 11.6 Å². The molecule has 0 bridgehead atoms. The molecular formula is C23H22ClFN6O2. The van der Waals surface area contributed by atoms with Crippen LogP contribution in [0.15, 0.2) is 59.7 Å². The molecule has 0 radical (unpaired) electrons. The number of hydrogen-bond acceptors (Lipinski definition) is 6. The molecule has 1 aromatic carbocycles. The van der Waals surface area contributed by atoms with Crippen molar-refractivity contribution in [3.05, 3.63) is 87.3 Å². The normalized spacial score (nSPS) is 12.0. The topological polar surface area (TPSA) is 97.9 Å². The third-order valence-corrected chi connectivity index (χ3v) is 5.48. The maximum Gasteiger partial charge on any atom is 0.251 e. The number of anilines is 2. The molecular weight excluding hydrogens is 447 g/mol. The Morgan fingerprint density at radius 2 is 2.03 bits per heavy atom. The molecule has 8 nitrogen and oxygen atoms in total. The molecule has 3 aromatic heterocycles. The Hall–Kier alpha value is -3.56. The molecule has 1 unspecified atom stereocenters. The zero-order valence-corrected chi connectivity index (χ0v) is 18.8. The van der Waals surface area contributed by atoms with Crippen LogP contribution in [0.25, 0.3) is 11.3 Å². The molecule has 0 aliphatic rings. The van der Waals surface area contributed by atoms with E-state index in [0.29, 0.717) is 29.3 Å². The summed E-state index contributed by atoms with van der Waals surface area (Å²) in [7, 11) is 0. The van der Waals surface area contributed by atoms with Crippen molar-refractivity contribution in [1.82, 2.24) is 24.3 Å². The van der Waals surface area contributed by atoms with Gasteiger partial charge in [-0.25, -0.2) is 19.0 Å². The monoisotopic (exact) mass is 468 g/mol. The first kappa shape index (κ1) is 22.6. The van der Waals surface area contributed by atoms with E-state index in [2.05, 4.69) is 20.4 Å². The van der Waals surface area contributed by atoms with Gasteiger partial charge in [0.05, 0.1) is 29.1 Å². The fourth-order valence-corrected chi connectivity index (χ4v) is 3.68. The number of rotatable bonds is 7. The highest BCUT2D eigenvalue weighted by Gasteiger charge is 2.17. The van der Waals surface area contributed by atoms with E-state index in [1.807, 2.05) is 19.9 Å². The number of halogens is 2. The van der Waals surface area contributed by atoms with Crippen LogP contribution in [0.1, 0.15) is 24.2 Å². The SMILES string of the molecule is CCn1nc(C)cc1Nc1nccc(-c2ccn(C(CO)c3ccc(Cl)c(F)c3)c(=O)c2)n1. The molecule has 0 spiro atoms. The molecule has 0 saturated heterocycles. The summed E-state index contributed by atoms with van der Waals surface area (Å²) >= 11 is 5.75. The minimum atomic E-state index is -0.751. The molecule has 1 atom stereocenters. The molecule has 2 N–H and O–H groups in total. The first-order valence-electron chi connectivity index (χ1n) is 10.3. The van der Waals surface area contributed by atoms with Crippen molar-refractivity contribution in [2.45, 2.75) is 26.4 Å². The van der Waals surface area contributed by atoms with Crippen LogP contribution < -0.4 is 10.9 Å². The second kappa shape index (κ2) is 9.51. The summed E-state index contributed by atoms with van der Waals surface area (Å²) in [5, 5.41) is 17.4. The lowest BCUT2D eigenvalue weighted by Crippen LogP contribution is -2.27. The highest BCUT2D eigenvalue weighted by atomic mass is 35.5. The van der Waals surface area contributed by atoms with Crippen molar-refractivity contribution < 1.29 is 9.50 Å². The van der Waals surface area contributed by atoms with Crippen LogP contribution in [0.3, 0.4) is 0 Å². The molecule has 0 amide bonds. The zero-order valence-electron chi connectivity index (χ0n) is 18.0. The van der Waals surface area contributed by atoms with Gasteiger partial charge < -0.3 is 15.0 Å². The van der Waals surface area contributed by atoms with Crippen LogP contribution in [0.2, 0.25) is 5.02 Å². The minimum Gasteiger partial charge on any atom is -0.394 e. The highest BCUT2D eigenvalue weighted by Crippen LogP contribution is 2.24. The van der Waals surface area contributed by atoms with E-state index in [1.54, 1.807) is 35.3 Å². The Bertz CT molecular complexity index is 1350. The Morgan fingerprint density at radius 3 is 2.73 bits per heavy atom. The van der Waals surface area contributed by atoms with Crippen molar-refractivity contribution in [3.8, 4) is 11.3 Å². The number of aliphatic hydroxyl groups excluding tert-OH is 1. The van der Waals surface area contributed by atoms with Crippen LogP contribution in [0.5, 0.6) is 0 Å². The van der Waals surface area contributed by atoms with E-state index in [1.165, 1.54) is 22.8 Å². The molecule has 4 aromatic rings. The fraction of sp³-hybridized carbons (Fsp3) is 0.217. The summed E-state index contributed by atoms with van der Waals surface area (Å²) < 4.78 is 17.0. The quantitative estimate of drug-likeness (QED) is 0.426. The van der Waals surface area contributed by atoms with Crippen molar-refractivity contribution in [3.63, 3.8) is 0 Å². The highest BCUT2D eigenvalue weighted by molar-refractivity contribution is 6.30. The number of nitrogens with zero attached hydrogens (tertiary/aromatic N) is 5. The molecule has 33 heavy (non-hydrogen) atoms. The Morgan fingerprint density at radius 1 is 1.21 bits per heavy atom. The Balaban J connectivity index is 1.63. The van der Waals surface area contributed by atoms with E-state index < -0.39 is 11.9 Å². The van der Waals surface area contributed by atoms with Gasteiger partial charge in [-0.2, -0.15) is 5.10 Å². The van der Waals surface area contributed by atoms with Crippen LogP contribution in [-0.4, -0.2) is 36.0 Å². The van der Waals surface area contributed by atoms with Crippen molar-refractivity contribution in [1.29, 1.82) is 0 Å². The molecule has 0 fully saturated rings. The first-order chi connectivity index (χ1) is 15.9. The van der Waals surface area contributed by atoms with Gasteiger partial charge in [0.25, 0.3) is 5.56 Å². The van der Waals surface area contributed by atoms with Crippen molar-refractivity contribution in [2.75, 3.05) is 11.9 Å². The minimum absolute atomic E-state index is 0.0246. The number of hydrogen-bond donors (Lipinski definition) is 2. The molecule has 170 valence electrons. The molecule has 3 heterocycles. The van der Waals surface area contributed by atoms with Gasteiger partial charge in [-0.15, -0.1) is 0 Å². The number of nitrogens with one attached hydrogen (secondary N) is 1. The predicted octanol–water partition coefficient (Wildman–Crippen LogP) is 3.95. The molecule has 10 heteroatoms. The average molecular weight is 469 g/mol. The summed E-state index contributed by atoms with van der Waals surface area (Å²) in [4.78, 5) is 21.6. The average Bonchev–Trinajstić information content (AvgIpc) is 3.16. The molecule has 0 saturated carbocycles. The summed E-state index contributed by atoms with van der Waals surface area (Å²) in [6.07, 6.45) is 3.15. The zero-order chi connectivity index (χ0) is 23.5. The summed E-state index contributed by atoms with van der Waals surface area (Å²) in [5.74, 6) is 0.526. The largest absolute Gasteiger partial charge is 0.394 e. The van der Waals surface area contributed by atoms with Crippen molar-refractivity contribution >= 4 is 23.4 Å². The summed E-state index contributed by atoms with van der Waals surface area (Å²) in [6, 6.07) is 10.2. The summed E-state index contributed by atoms with van der Waals surface area (Å²) in [5.41, 5.74) is 2.08. The van der Waals surface area contributed by atoms with Crippen LogP contribution in [-0.2, 0) is 6.54 Å². The van der Waals surface area contributed by atoms with Gasteiger partial charge in [0.1, 0.15) is 11.6 Å². The van der Waals surface area contributed by atoms with Gasteiger partial charge in [0.15, 0.2) is 0 Å². The molecule has 0 aliphatic heterocycles. The summed E-state index contributed by atoms with van der Waals surface area (Å²) in [6.45, 7) is 4.20. The van der Waals surface area contributed by atoms with Crippen LogP contribution in [0, 0.1) is 12.7 Å². The van der Waals surface area contributed by atoms with Gasteiger partial charge in [0, 0.05) is 36.6 Å². The number of aromatic nitrogens is 5. The van der Waals surface area contributed by atoms with E-state index in [-0.39, 0.29) is 17.2 Å². The number of aryl methyl sites for hydroxylation is 2. The van der Waals surface area contributed by atoms with Crippen LogP contribution >= 0.6 is 11.6 Å². The smallest absolute Gasteiger partial charge is 0.251 e. The number of pyridine rings is 1. The lowest BCUT2D eigenvalue weighted by molar-refractivity contribution is 0.247. The first-order valence-corrected chi connectivity index (χ1v) is 10.7. The van der Waals surface area contributed by atoms with Crippen LogP contribution in [0.4, 0.5) is 16.2 Å². The Labute approximate surface area is 194 Å². The predicted molar refractivity (Wildman–Crippen MR) is 124 cm³/mol. The second-order valence-electron chi connectivity index (χ2n) is 7.41. The van der Waals surface area contributed by atoms with Crippen molar-refractivity contribution in [2.24, 2.45) is 0 Å². The van der Waals surface area contributed by atoms with Gasteiger partial charge in [-0.05, 0) is 43.7 Å². The Kier molecular flexibility index (Phi) is 6.52. The number of aliphatic hydroxyl groups is 1.